The minimum absolute atomic E-state index is 0.000255. The van der Waals surface area contributed by atoms with Crippen LogP contribution in [0.4, 0.5) is 5.69 Å². The van der Waals surface area contributed by atoms with Crippen LogP contribution >= 0.6 is 23.8 Å². The van der Waals surface area contributed by atoms with Gasteiger partial charge in [0.05, 0.1) is 16.4 Å². The highest BCUT2D eigenvalue weighted by Crippen LogP contribution is 2.31. The van der Waals surface area contributed by atoms with E-state index in [0.29, 0.717) is 10.7 Å². The molecule has 0 aliphatic carbocycles. The smallest absolute Gasteiger partial charge is 0.270 e. The lowest BCUT2D eigenvalue weighted by molar-refractivity contribution is -0.122. The number of hydrogen-bond acceptors (Lipinski definition) is 3. The molecule has 5 nitrogen and oxygen atoms in total. The maximum Gasteiger partial charge on any atom is 0.270 e. The fourth-order valence-corrected chi connectivity index (χ4v) is 4.60. The Labute approximate surface area is 197 Å². The summed E-state index contributed by atoms with van der Waals surface area (Å²) in [6.07, 6.45) is 1.62. The van der Waals surface area contributed by atoms with Crippen LogP contribution in [0.25, 0.3) is 11.8 Å². The quantitative estimate of drug-likeness (QED) is 0.330. The van der Waals surface area contributed by atoms with E-state index < -0.39 is 11.8 Å². The second-order valence-corrected chi connectivity index (χ2v) is 8.61. The van der Waals surface area contributed by atoms with Crippen molar-refractivity contribution in [2.24, 2.45) is 0 Å². The molecule has 7 heteroatoms. The van der Waals surface area contributed by atoms with E-state index in [1.54, 1.807) is 30.3 Å². The fraction of sp³-hybridized carbons (Fsp3) is 0.160. The first-order valence-electron chi connectivity index (χ1n) is 10.1. The number of anilines is 1. The zero-order valence-corrected chi connectivity index (χ0v) is 19.8. The lowest BCUT2D eigenvalue weighted by Crippen LogP contribution is -2.54. The van der Waals surface area contributed by atoms with Gasteiger partial charge in [0.1, 0.15) is 5.57 Å². The summed E-state index contributed by atoms with van der Waals surface area (Å²) < 4.78 is 2.15. The van der Waals surface area contributed by atoms with Crippen molar-refractivity contribution in [3.05, 3.63) is 87.2 Å². The van der Waals surface area contributed by atoms with E-state index in [1.807, 2.05) is 26.0 Å². The number of para-hydroxylation sites is 2. The molecular weight excluding hydrogens is 442 g/mol. The average Bonchev–Trinajstić information content (AvgIpc) is 3.00. The number of rotatable bonds is 3. The van der Waals surface area contributed by atoms with Gasteiger partial charge in [0.15, 0.2) is 5.11 Å². The Morgan fingerprint density at radius 3 is 2.28 bits per heavy atom. The van der Waals surface area contributed by atoms with Gasteiger partial charge in [0.25, 0.3) is 11.8 Å². The molecule has 3 aromatic rings. The van der Waals surface area contributed by atoms with Gasteiger partial charge >= 0.3 is 0 Å². The van der Waals surface area contributed by atoms with E-state index in [0.717, 1.165) is 33.8 Å². The third-order valence-electron chi connectivity index (χ3n) is 5.63. The molecule has 2 heterocycles. The van der Waals surface area contributed by atoms with Crippen molar-refractivity contribution in [1.82, 2.24) is 9.88 Å². The average molecular weight is 464 g/mol. The molecule has 1 aromatic heterocycles. The number of aryl methyl sites for hydroxylation is 3. The number of halogens is 1. The third-order valence-corrected chi connectivity index (χ3v) is 6.23. The van der Waals surface area contributed by atoms with Crippen LogP contribution in [0.2, 0.25) is 5.02 Å². The number of thiocarbonyl (C=S) groups is 1. The molecule has 1 aliphatic heterocycles. The number of nitrogens with zero attached hydrogens (tertiary/aromatic N) is 2. The van der Waals surface area contributed by atoms with E-state index in [2.05, 4.69) is 35.9 Å². The summed E-state index contributed by atoms with van der Waals surface area (Å²) in [7, 11) is 0. The van der Waals surface area contributed by atoms with Crippen LogP contribution in [0.1, 0.15) is 28.1 Å². The van der Waals surface area contributed by atoms with Crippen molar-refractivity contribution in [3.8, 4) is 5.69 Å². The van der Waals surface area contributed by atoms with Crippen LogP contribution < -0.4 is 10.2 Å². The highest BCUT2D eigenvalue weighted by Gasteiger charge is 2.35. The molecular formula is C25H22ClN3O2S. The molecule has 4 rings (SSSR count). The Kier molecular flexibility index (Phi) is 5.75. The first kappa shape index (κ1) is 22.0. The van der Waals surface area contributed by atoms with E-state index in [9.17, 15) is 9.59 Å². The first-order chi connectivity index (χ1) is 15.2. The number of benzene rings is 2. The number of nitrogens with one attached hydrogen (secondary N) is 1. The molecule has 0 saturated carbocycles. The van der Waals surface area contributed by atoms with Crippen molar-refractivity contribution >= 4 is 52.5 Å². The molecule has 162 valence electrons. The van der Waals surface area contributed by atoms with Crippen LogP contribution in [0.15, 0.2) is 54.1 Å². The summed E-state index contributed by atoms with van der Waals surface area (Å²) in [5.74, 6) is -1.04. The normalized spacial score (nSPS) is 15.5. The zero-order chi connectivity index (χ0) is 23.2. The Balaban J connectivity index is 1.82. The van der Waals surface area contributed by atoms with E-state index in [-0.39, 0.29) is 10.7 Å². The zero-order valence-electron chi connectivity index (χ0n) is 18.2. The monoisotopic (exact) mass is 463 g/mol. The van der Waals surface area contributed by atoms with Crippen molar-refractivity contribution in [2.45, 2.75) is 27.7 Å². The first-order valence-corrected chi connectivity index (χ1v) is 10.9. The van der Waals surface area contributed by atoms with Crippen molar-refractivity contribution in [1.29, 1.82) is 0 Å². The largest absolute Gasteiger partial charge is 0.317 e. The molecule has 2 amide bonds. The molecule has 1 N–H and O–H groups in total. The molecule has 32 heavy (non-hydrogen) atoms. The Morgan fingerprint density at radius 1 is 0.969 bits per heavy atom. The minimum atomic E-state index is -0.528. The molecule has 0 spiro atoms. The van der Waals surface area contributed by atoms with Gasteiger partial charge in [-0.3, -0.25) is 19.8 Å². The topological polar surface area (TPSA) is 54.3 Å². The number of amides is 2. The maximum absolute atomic E-state index is 13.3. The van der Waals surface area contributed by atoms with Crippen molar-refractivity contribution < 1.29 is 9.59 Å². The number of hydrogen-bond donors (Lipinski definition) is 1. The van der Waals surface area contributed by atoms with Gasteiger partial charge in [-0.15, -0.1) is 0 Å². The van der Waals surface area contributed by atoms with E-state index in [4.69, 9.17) is 23.8 Å². The van der Waals surface area contributed by atoms with Gasteiger partial charge in [0, 0.05) is 11.4 Å². The Bertz CT molecular complexity index is 1300. The van der Waals surface area contributed by atoms with Gasteiger partial charge < -0.3 is 4.57 Å². The van der Waals surface area contributed by atoms with Crippen molar-refractivity contribution in [3.63, 3.8) is 0 Å². The van der Waals surface area contributed by atoms with Crippen LogP contribution in [-0.4, -0.2) is 21.5 Å². The molecule has 0 bridgehead atoms. The Hall–Kier alpha value is -3.22. The second kappa shape index (κ2) is 8.37. The standard InChI is InChI=1S/C25H22ClN3O2S/c1-14-8-7-9-15(2)22(14)28-16(3)12-18(17(28)4)13-19-23(30)27-25(32)29(24(19)31)21-11-6-5-10-20(21)26/h5-13H,1-4H3,(H,27,30,32)/b19-13+. The molecule has 0 radical (unpaired) electrons. The summed E-state index contributed by atoms with van der Waals surface area (Å²) in [6, 6.07) is 15.0. The molecule has 1 fully saturated rings. The number of carbonyl (C=O) groups excluding carboxylic acids is 2. The summed E-state index contributed by atoms with van der Waals surface area (Å²) in [4.78, 5) is 27.3. The maximum atomic E-state index is 13.3. The summed E-state index contributed by atoms with van der Waals surface area (Å²) >= 11 is 11.6. The van der Waals surface area contributed by atoms with E-state index >= 15 is 0 Å². The molecule has 0 unspecified atom stereocenters. The van der Waals surface area contributed by atoms with Gasteiger partial charge in [-0.25, -0.2) is 0 Å². The molecule has 2 aromatic carbocycles. The van der Waals surface area contributed by atoms with Gasteiger partial charge in [0.2, 0.25) is 0 Å². The highest BCUT2D eigenvalue weighted by atomic mass is 35.5. The van der Waals surface area contributed by atoms with Crippen molar-refractivity contribution in [2.75, 3.05) is 4.90 Å². The molecule has 1 saturated heterocycles. The van der Waals surface area contributed by atoms with Crippen LogP contribution in [0.5, 0.6) is 0 Å². The van der Waals surface area contributed by atoms with Crippen LogP contribution in [-0.2, 0) is 9.59 Å². The van der Waals surface area contributed by atoms with Gasteiger partial charge in [-0.2, -0.15) is 0 Å². The minimum Gasteiger partial charge on any atom is -0.317 e. The lowest BCUT2D eigenvalue weighted by atomic mass is 10.1. The summed E-state index contributed by atoms with van der Waals surface area (Å²) in [5.41, 5.74) is 6.55. The highest BCUT2D eigenvalue weighted by molar-refractivity contribution is 7.80. The lowest BCUT2D eigenvalue weighted by Gasteiger charge is -2.29. The molecule has 1 aliphatic rings. The predicted octanol–water partition coefficient (Wildman–Crippen LogP) is 5.20. The summed E-state index contributed by atoms with van der Waals surface area (Å²) in [6.45, 7) is 8.13. The van der Waals surface area contributed by atoms with Gasteiger partial charge in [-0.05, 0) is 80.9 Å². The Morgan fingerprint density at radius 2 is 1.62 bits per heavy atom. The predicted molar refractivity (Wildman–Crippen MR) is 132 cm³/mol. The summed E-state index contributed by atoms with van der Waals surface area (Å²) in [5, 5.41) is 2.98. The van der Waals surface area contributed by atoms with Crippen LogP contribution in [0, 0.1) is 27.7 Å². The number of aromatic nitrogens is 1. The fourth-order valence-electron chi connectivity index (χ4n) is 4.10. The van der Waals surface area contributed by atoms with Crippen LogP contribution in [0.3, 0.4) is 0 Å². The van der Waals surface area contributed by atoms with Gasteiger partial charge in [-0.1, -0.05) is 41.9 Å². The van der Waals surface area contributed by atoms with E-state index in [1.165, 1.54) is 4.90 Å². The molecule has 0 atom stereocenters. The second-order valence-electron chi connectivity index (χ2n) is 7.81. The number of carbonyl (C=O) groups is 2. The SMILES string of the molecule is Cc1cccc(C)c1-n1c(C)cc(/C=C2\C(=O)NC(=S)N(c3ccccc3Cl)C2=O)c1C. The third kappa shape index (κ3) is 3.66.